The van der Waals surface area contributed by atoms with Crippen LogP contribution in [0.5, 0.6) is 0 Å². The number of nitrogens with one attached hydrogen (secondary N) is 1. The van der Waals surface area contributed by atoms with Crippen molar-refractivity contribution < 1.29 is 9.53 Å². The Kier molecular flexibility index (Phi) is 9.86. The zero-order chi connectivity index (χ0) is 15.7. The molecule has 0 spiro atoms. The van der Waals surface area contributed by atoms with Crippen molar-refractivity contribution >= 4 is 5.97 Å². The Morgan fingerprint density at radius 3 is 2.00 bits per heavy atom. The van der Waals surface area contributed by atoms with Gasteiger partial charge in [0.15, 0.2) is 0 Å². The van der Waals surface area contributed by atoms with Crippen molar-refractivity contribution in [1.82, 2.24) is 10.2 Å². The zero-order valence-corrected chi connectivity index (χ0v) is 14.4. The molecule has 0 amide bonds. The quantitative estimate of drug-likeness (QED) is 0.627. The molecule has 0 aliphatic rings. The van der Waals surface area contributed by atoms with E-state index in [1.54, 1.807) is 0 Å². The van der Waals surface area contributed by atoms with Gasteiger partial charge >= 0.3 is 5.97 Å². The largest absolute Gasteiger partial charge is 0.468 e. The Labute approximate surface area is 125 Å². The van der Waals surface area contributed by atoms with E-state index in [4.69, 9.17) is 4.74 Å². The van der Waals surface area contributed by atoms with Crippen molar-refractivity contribution in [1.29, 1.82) is 0 Å². The van der Waals surface area contributed by atoms with Crippen LogP contribution in [-0.2, 0) is 9.53 Å². The minimum atomic E-state index is -0.251. The van der Waals surface area contributed by atoms with E-state index in [1.165, 1.54) is 7.11 Å². The zero-order valence-electron chi connectivity index (χ0n) is 14.4. The first-order valence-corrected chi connectivity index (χ1v) is 7.93. The fraction of sp³-hybridized carbons (Fsp3) is 0.938. The van der Waals surface area contributed by atoms with Crippen molar-refractivity contribution in [2.75, 3.05) is 20.2 Å². The number of hydrogen-bond acceptors (Lipinski definition) is 4. The summed E-state index contributed by atoms with van der Waals surface area (Å²) in [4.78, 5) is 14.4. The fourth-order valence-electron chi connectivity index (χ4n) is 2.62. The first kappa shape index (κ1) is 19.4. The van der Waals surface area contributed by atoms with Gasteiger partial charge in [-0.1, -0.05) is 41.5 Å². The van der Waals surface area contributed by atoms with Crippen molar-refractivity contribution in [3.63, 3.8) is 0 Å². The monoisotopic (exact) mass is 286 g/mol. The summed E-state index contributed by atoms with van der Waals surface area (Å²) in [7, 11) is 1.46. The summed E-state index contributed by atoms with van der Waals surface area (Å²) in [5.74, 6) is 0.423. The number of esters is 1. The molecule has 4 heteroatoms. The lowest BCUT2D eigenvalue weighted by Crippen LogP contribution is -2.52. The molecule has 0 radical (unpaired) electrons. The number of nitrogens with zero attached hydrogens (tertiary/aromatic N) is 1. The Morgan fingerprint density at radius 2 is 1.65 bits per heavy atom. The predicted octanol–water partition coefficient (Wildman–Crippen LogP) is 2.67. The highest BCUT2D eigenvalue weighted by atomic mass is 16.5. The molecule has 20 heavy (non-hydrogen) atoms. The molecule has 0 aromatic carbocycles. The normalized spacial score (nSPS) is 13.6. The maximum atomic E-state index is 12.0. The highest BCUT2D eigenvalue weighted by Crippen LogP contribution is 2.13. The van der Waals surface area contributed by atoms with E-state index in [9.17, 15) is 4.79 Å². The van der Waals surface area contributed by atoms with Gasteiger partial charge in [-0.25, -0.2) is 0 Å². The number of hydrogen-bond donors (Lipinski definition) is 1. The van der Waals surface area contributed by atoms with Gasteiger partial charge < -0.3 is 10.1 Å². The summed E-state index contributed by atoms with van der Waals surface area (Å²) in [5, 5.41) is 3.32. The number of ether oxygens (including phenoxy) is 1. The number of carbonyl (C=O) groups is 1. The molecule has 4 nitrogen and oxygen atoms in total. The van der Waals surface area contributed by atoms with Gasteiger partial charge in [-0.3, -0.25) is 9.69 Å². The van der Waals surface area contributed by atoms with Gasteiger partial charge in [0.25, 0.3) is 0 Å². The molecule has 0 heterocycles. The fourth-order valence-corrected chi connectivity index (χ4v) is 2.62. The number of rotatable bonds is 10. The Balaban J connectivity index is 4.89. The highest BCUT2D eigenvalue weighted by Gasteiger charge is 2.26. The maximum absolute atomic E-state index is 12.0. The SMILES string of the molecule is CCC(CC)N(CC(C)C)CC(NC(C)C)C(=O)OC. The Hall–Kier alpha value is -0.610. The van der Waals surface area contributed by atoms with Crippen LogP contribution in [0.4, 0.5) is 0 Å². The molecule has 0 rings (SSSR count). The highest BCUT2D eigenvalue weighted by molar-refractivity contribution is 5.76. The van der Waals surface area contributed by atoms with Crippen molar-refractivity contribution in [3.05, 3.63) is 0 Å². The van der Waals surface area contributed by atoms with E-state index >= 15 is 0 Å². The van der Waals surface area contributed by atoms with Crippen LogP contribution in [0.25, 0.3) is 0 Å². The molecule has 0 aliphatic heterocycles. The third-order valence-electron chi connectivity index (χ3n) is 3.50. The lowest BCUT2D eigenvalue weighted by atomic mass is 10.1. The van der Waals surface area contributed by atoms with E-state index in [-0.39, 0.29) is 18.1 Å². The second kappa shape index (κ2) is 10.2. The predicted molar refractivity (Wildman–Crippen MR) is 84.9 cm³/mol. The van der Waals surface area contributed by atoms with Crippen LogP contribution in [0, 0.1) is 5.92 Å². The van der Waals surface area contributed by atoms with Crippen LogP contribution in [0.3, 0.4) is 0 Å². The van der Waals surface area contributed by atoms with Crippen molar-refractivity contribution in [2.45, 2.75) is 72.5 Å². The molecule has 1 N–H and O–H groups in total. The van der Waals surface area contributed by atoms with Crippen LogP contribution in [0.2, 0.25) is 0 Å². The minimum Gasteiger partial charge on any atom is -0.468 e. The van der Waals surface area contributed by atoms with Crippen LogP contribution in [-0.4, -0.2) is 49.2 Å². The van der Waals surface area contributed by atoms with Crippen LogP contribution < -0.4 is 5.32 Å². The van der Waals surface area contributed by atoms with Gasteiger partial charge in [-0.05, 0) is 18.8 Å². The molecule has 0 aromatic heterocycles. The van der Waals surface area contributed by atoms with Gasteiger partial charge in [-0.2, -0.15) is 0 Å². The summed E-state index contributed by atoms with van der Waals surface area (Å²) in [6.07, 6.45) is 2.22. The van der Waals surface area contributed by atoms with Gasteiger partial charge in [0, 0.05) is 25.2 Å². The second-order valence-electron chi connectivity index (χ2n) is 6.22. The van der Waals surface area contributed by atoms with E-state index in [2.05, 4.69) is 51.8 Å². The number of methoxy groups -OCH3 is 1. The van der Waals surface area contributed by atoms with Crippen molar-refractivity contribution in [2.24, 2.45) is 5.92 Å². The van der Waals surface area contributed by atoms with Crippen LogP contribution >= 0.6 is 0 Å². The van der Waals surface area contributed by atoms with Crippen LogP contribution in [0.15, 0.2) is 0 Å². The summed E-state index contributed by atoms with van der Waals surface area (Å²) >= 11 is 0. The van der Waals surface area contributed by atoms with E-state index in [0.29, 0.717) is 12.0 Å². The molecule has 0 aromatic rings. The molecule has 0 fully saturated rings. The topological polar surface area (TPSA) is 41.6 Å². The summed E-state index contributed by atoms with van der Waals surface area (Å²) in [6, 6.07) is 0.541. The van der Waals surface area contributed by atoms with Gasteiger partial charge in [0.05, 0.1) is 7.11 Å². The van der Waals surface area contributed by atoms with Gasteiger partial charge in [0.2, 0.25) is 0 Å². The average Bonchev–Trinajstić information content (AvgIpc) is 2.37. The van der Waals surface area contributed by atoms with Crippen molar-refractivity contribution in [3.8, 4) is 0 Å². The molecule has 0 saturated heterocycles. The first-order chi connectivity index (χ1) is 9.35. The van der Waals surface area contributed by atoms with E-state index < -0.39 is 0 Å². The third-order valence-corrected chi connectivity index (χ3v) is 3.50. The Bertz CT molecular complexity index is 263. The molecular weight excluding hydrogens is 252 g/mol. The molecule has 0 aliphatic carbocycles. The summed E-state index contributed by atoms with van der Waals surface area (Å²) in [5.41, 5.74) is 0. The lowest BCUT2D eigenvalue weighted by Gasteiger charge is -2.34. The second-order valence-corrected chi connectivity index (χ2v) is 6.22. The smallest absolute Gasteiger partial charge is 0.324 e. The lowest BCUT2D eigenvalue weighted by molar-refractivity contribution is -0.144. The summed E-state index contributed by atoms with van der Waals surface area (Å²) in [6.45, 7) is 14.7. The van der Waals surface area contributed by atoms with Crippen LogP contribution in [0.1, 0.15) is 54.4 Å². The van der Waals surface area contributed by atoms with Gasteiger partial charge in [0.1, 0.15) is 6.04 Å². The molecule has 0 bridgehead atoms. The third kappa shape index (κ3) is 7.25. The average molecular weight is 286 g/mol. The first-order valence-electron chi connectivity index (χ1n) is 7.93. The standard InChI is InChI=1S/C16H34N2O2/c1-8-14(9-2)18(10-12(3)4)11-15(16(19)20-7)17-13(5)6/h12-15,17H,8-11H2,1-7H3. The van der Waals surface area contributed by atoms with E-state index in [0.717, 1.165) is 25.9 Å². The van der Waals surface area contributed by atoms with E-state index in [1.807, 2.05) is 0 Å². The molecule has 1 atom stereocenters. The molecular formula is C16H34N2O2. The summed E-state index contributed by atoms with van der Waals surface area (Å²) < 4.78 is 4.94. The molecule has 120 valence electrons. The number of carbonyl (C=O) groups excluding carboxylic acids is 1. The minimum absolute atomic E-state index is 0.168. The Morgan fingerprint density at radius 1 is 1.10 bits per heavy atom. The molecule has 1 unspecified atom stereocenters. The molecule has 0 saturated carbocycles. The van der Waals surface area contributed by atoms with Gasteiger partial charge in [-0.15, -0.1) is 0 Å². The maximum Gasteiger partial charge on any atom is 0.324 e.